The van der Waals surface area contributed by atoms with Gasteiger partial charge in [0.2, 0.25) is 0 Å². The van der Waals surface area contributed by atoms with Crippen LogP contribution in [0.5, 0.6) is 0 Å². The lowest BCUT2D eigenvalue weighted by atomic mass is 9.76. The number of nitriles is 1. The van der Waals surface area contributed by atoms with E-state index in [1.165, 1.54) is 19.0 Å². The number of pyridine rings is 1. The molecule has 0 radical (unpaired) electrons. The molecule has 3 rings (SSSR count). The molecule has 1 aliphatic heterocycles. The number of nitrogens with zero attached hydrogens (tertiary/aromatic N) is 3. The summed E-state index contributed by atoms with van der Waals surface area (Å²) in [6, 6.07) is 5.33. The third-order valence-electron chi connectivity index (χ3n) is 4.80. The van der Waals surface area contributed by atoms with Gasteiger partial charge < -0.3 is 10.0 Å². The fourth-order valence-electron chi connectivity index (χ4n) is 3.81. The first kappa shape index (κ1) is 13.9. The predicted molar refractivity (Wildman–Crippen MR) is 77.8 cm³/mol. The molecule has 5 heteroatoms. The molecular weight excluding hydrogens is 266 g/mol. The van der Waals surface area contributed by atoms with E-state index in [0.29, 0.717) is 23.7 Å². The molecule has 1 saturated heterocycles. The maximum atomic E-state index is 11.6. The van der Waals surface area contributed by atoms with Crippen LogP contribution in [0.1, 0.15) is 44.1 Å². The molecule has 3 atom stereocenters. The van der Waals surface area contributed by atoms with E-state index in [1.807, 2.05) is 4.90 Å². The summed E-state index contributed by atoms with van der Waals surface area (Å²) in [4.78, 5) is 17.9. The second kappa shape index (κ2) is 5.72. The van der Waals surface area contributed by atoms with Gasteiger partial charge in [-0.2, -0.15) is 5.26 Å². The fourth-order valence-corrected chi connectivity index (χ4v) is 3.81. The summed E-state index contributed by atoms with van der Waals surface area (Å²) in [6.45, 7) is 0. The molecule has 1 aromatic heterocycles. The zero-order valence-electron chi connectivity index (χ0n) is 11.9. The molecule has 0 aromatic carbocycles. The van der Waals surface area contributed by atoms with Gasteiger partial charge in [-0.15, -0.1) is 0 Å². The minimum absolute atomic E-state index is 0.272. The molecule has 1 saturated carbocycles. The molecule has 0 spiro atoms. The zero-order valence-corrected chi connectivity index (χ0v) is 11.9. The van der Waals surface area contributed by atoms with Crippen molar-refractivity contribution in [3.8, 4) is 6.07 Å². The van der Waals surface area contributed by atoms with Crippen LogP contribution >= 0.6 is 0 Å². The number of carbonyl (C=O) groups is 1. The van der Waals surface area contributed by atoms with Crippen LogP contribution in [0, 0.1) is 17.2 Å². The van der Waals surface area contributed by atoms with Crippen molar-refractivity contribution in [2.75, 3.05) is 4.90 Å². The summed E-state index contributed by atoms with van der Waals surface area (Å²) in [5, 5.41) is 18.4. The summed E-state index contributed by atoms with van der Waals surface area (Å²) in [6.07, 6.45) is 7.82. The van der Waals surface area contributed by atoms with Crippen molar-refractivity contribution in [2.45, 2.75) is 50.6 Å². The minimum atomic E-state index is -0.773. The Morgan fingerprint density at radius 1 is 1.29 bits per heavy atom. The molecule has 1 aromatic rings. The number of carboxylic acid groups (broad SMARTS) is 1. The second-order valence-electron chi connectivity index (χ2n) is 5.97. The molecule has 2 heterocycles. The maximum Gasteiger partial charge on any atom is 0.326 e. The molecule has 2 aliphatic rings. The van der Waals surface area contributed by atoms with E-state index < -0.39 is 12.0 Å². The average molecular weight is 285 g/mol. The number of aliphatic carboxylic acids is 1. The first-order valence-corrected chi connectivity index (χ1v) is 7.58. The van der Waals surface area contributed by atoms with Crippen molar-refractivity contribution >= 4 is 11.8 Å². The highest BCUT2D eigenvalue weighted by atomic mass is 16.4. The van der Waals surface area contributed by atoms with Crippen LogP contribution in [-0.4, -0.2) is 28.1 Å². The van der Waals surface area contributed by atoms with Gasteiger partial charge in [0.25, 0.3) is 0 Å². The van der Waals surface area contributed by atoms with Gasteiger partial charge in [0.05, 0.1) is 5.56 Å². The van der Waals surface area contributed by atoms with Crippen molar-refractivity contribution in [1.82, 2.24) is 4.98 Å². The SMILES string of the molecule is N#Cc1ccc(N2C(C(=O)O)CCC3CCCCC32)nc1. The number of anilines is 1. The first-order valence-electron chi connectivity index (χ1n) is 7.58. The zero-order chi connectivity index (χ0) is 14.8. The van der Waals surface area contributed by atoms with Gasteiger partial charge in [-0.25, -0.2) is 9.78 Å². The minimum Gasteiger partial charge on any atom is -0.480 e. The van der Waals surface area contributed by atoms with E-state index in [4.69, 9.17) is 5.26 Å². The Balaban J connectivity index is 1.95. The molecule has 21 heavy (non-hydrogen) atoms. The van der Waals surface area contributed by atoms with Crippen LogP contribution in [0.15, 0.2) is 18.3 Å². The molecule has 1 aliphatic carbocycles. The first-order chi connectivity index (χ1) is 10.2. The Bertz CT molecular complexity index is 564. The number of carboxylic acids is 1. The van der Waals surface area contributed by atoms with Crippen LogP contribution < -0.4 is 4.90 Å². The fraction of sp³-hybridized carbons (Fsp3) is 0.562. The number of hydrogen-bond acceptors (Lipinski definition) is 4. The number of fused-ring (bicyclic) bond motifs is 1. The van der Waals surface area contributed by atoms with E-state index in [1.54, 1.807) is 12.1 Å². The van der Waals surface area contributed by atoms with Gasteiger partial charge in [0.15, 0.2) is 0 Å². The molecule has 0 bridgehead atoms. The highest BCUT2D eigenvalue weighted by Crippen LogP contribution is 2.39. The van der Waals surface area contributed by atoms with Crippen LogP contribution in [0.4, 0.5) is 5.82 Å². The molecule has 3 unspecified atom stereocenters. The Morgan fingerprint density at radius 2 is 2.10 bits per heavy atom. The monoisotopic (exact) mass is 285 g/mol. The lowest BCUT2D eigenvalue weighted by Gasteiger charge is -2.47. The molecule has 2 fully saturated rings. The van der Waals surface area contributed by atoms with E-state index in [-0.39, 0.29) is 6.04 Å². The van der Waals surface area contributed by atoms with Gasteiger partial charge in [-0.05, 0) is 43.7 Å². The summed E-state index contributed by atoms with van der Waals surface area (Å²) in [5.41, 5.74) is 0.503. The third kappa shape index (κ3) is 2.58. The Hall–Kier alpha value is -2.09. The molecule has 5 nitrogen and oxygen atoms in total. The molecule has 110 valence electrons. The smallest absolute Gasteiger partial charge is 0.326 e. The Kier molecular flexibility index (Phi) is 3.78. The lowest BCUT2D eigenvalue weighted by Crippen LogP contribution is -2.55. The van der Waals surface area contributed by atoms with Crippen LogP contribution in [0.25, 0.3) is 0 Å². The second-order valence-corrected chi connectivity index (χ2v) is 5.97. The largest absolute Gasteiger partial charge is 0.480 e. The summed E-state index contributed by atoms with van der Waals surface area (Å²) in [5.74, 6) is 0.495. The van der Waals surface area contributed by atoms with Crippen LogP contribution in [0.3, 0.4) is 0 Å². The van der Waals surface area contributed by atoms with Gasteiger partial charge in [-0.3, -0.25) is 0 Å². The van der Waals surface area contributed by atoms with E-state index in [9.17, 15) is 9.90 Å². The maximum absolute atomic E-state index is 11.6. The molecule has 0 amide bonds. The highest BCUT2D eigenvalue weighted by Gasteiger charge is 2.41. The lowest BCUT2D eigenvalue weighted by molar-refractivity contribution is -0.139. The quantitative estimate of drug-likeness (QED) is 0.903. The summed E-state index contributed by atoms with van der Waals surface area (Å²) >= 11 is 0. The highest BCUT2D eigenvalue weighted by molar-refractivity contribution is 5.78. The van der Waals surface area contributed by atoms with Crippen molar-refractivity contribution < 1.29 is 9.90 Å². The van der Waals surface area contributed by atoms with Crippen molar-refractivity contribution in [1.29, 1.82) is 5.26 Å². The average Bonchev–Trinajstić information content (AvgIpc) is 2.53. The normalized spacial score (nSPS) is 28.5. The molecular formula is C16H19N3O2. The number of piperidine rings is 1. The number of aromatic nitrogens is 1. The third-order valence-corrected chi connectivity index (χ3v) is 4.80. The van der Waals surface area contributed by atoms with Crippen molar-refractivity contribution in [3.05, 3.63) is 23.9 Å². The van der Waals surface area contributed by atoms with Crippen LogP contribution in [0.2, 0.25) is 0 Å². The van der Waals surface area contributed by atoms with Gasteiger partial charge in [-0.1, -0.05) is 12.8 Å². The summed E-state index contributed by atoms with van der Waals surface area (Å²) in [7, 11) is 0. The molecule has 1 N–H and O–H groups in total. The standard InChI is InChI=1S/C16H19N3O2/c17-9-11-5-8-15(18-10-11)19-13-4-2-1-3-12(13)6-7-14(19)16(20)21/h5,8,10,12-14H,1-4,6-7H2,(H,20,21). The van der Waals surface area contributed by atoms with E-state index in [2.05, 4.69) is 11.1 Å². The number of rotatable bonds is 2. The van der Waals surface area contributed by atoms with Gasteiger partial charge in [0, 0.05) is 12.2 Å². The van der Waals surface area contributed by atoms with Crippen molar-refractivity contribution in [3.63, 3.8) is 0 Å². The van der Waals surface area contributed by atoms with E-state index in [0.717, 1.165) is 19.3 Å². The Morgan fingerprint density at radius 3 is 2.76 bits per heavy atom. The van der Waals surface area contributed by atoms with Gasteiger partial charge >= 0.3 is 5.97 Å². The van der Waals surface area contributed by atoms with Gasteiger partial charge in [0.1, 0.15) is 17.9 Å². The van der Waals surface area contributed by atoms with Crippen LogP contribution in [-0.2, 0) is 4.79 Å². The predicted octanol–water partition coefficient (Wildman–Crippen LogP) is 2.57. The topological polar surface area (TPSA) is 77.2 Å². The Labute approximate surface area is 124 Å². The number of hydrogen-bond donors (Lipinski definition) is 1. The van der Waals surface area contributed by atoms with Crippen molar-refractivity contribution in [2.24, 2.45) is 5.92 Å². The van der Waals surface area contributed by atoms with E-state index >= 15 is 0 Å². The summed E-state index contributed by atoms with van der Waals surface area (Å²) < 4.78 is 0.